The van der Waals surface area contributed by atoms with Crippen LogP contribution in [0.4, 0.5) is 4.39 Å². The molecule has 1 atom stereocenters. The Balaban J connectivity index is 1.63. The lowest BCUT2D eigenvalue weighted by Gasteiger charge is -2.36. The molecule has 0 spiro atoms. The van der Waals surface area contributed by atoms with Crippen LogP contribution < -0.4 is 0 Å². The van der Waals surface area contributed by atoms with E-state index >= 15 is 0 Å². The number of rotatable bonds is 5. The molecule has 1 aliphatic rings. The maximum absolute atomic E-state index is 14.1. The van der Waals surface area contributed by atoms with Crippen molar-refractivity contribution in [2.45, 2.75) is 18.9 Å². The van der Waals surface area contributed by atoms with Gasteiger partial charge in [0.1, 0.15) is 11.6 Å². The Labute approximate surface area is 165 Å². The Morgan fingerprint density at radius 2 is 1.43 bits per heavy atom. The van der Waals surface area contributed by atoms with Gasteiger partial charge in [0.05, 0.1) is 0 Å². The summed E-state index contributed by atoms with van der Waals surface area (Å²) in [5.74, 6) is -0.00949. The number of likely N-dealkylation sites (tertiary alicyclic amines) is 1. The summed E-state index contributed by atoms with van der Waals surface area (Å²) in [7, 11) is 0. The maximum atomic E-state index is 14.1. The molecule has 1 fully saturated rings. The van der Waals surface area contributed by atoms with Crippen LogP contribution in [0.3, 0.4) is 0 Å². The lowest BCUT2D eigenvalue weighted by atomic mass is 9.76. The molecule has 4 rings (SSSR count). The van der Waals surface area contributed by atoms with Crippen molar-refractivity contribution in [3.05, 3.63) is 107 Å². The van der Waals surface area contributed by atoms with E-state index in [-0.39, 0.29) is 17.7 Å². The van der Waals surface area contributed by atoms with Crippen LogP contribution in [0.25, 0.3) is 0 Å². The molecule has 3 heteroatoms. The second-order valence-corrected chi connectivity index (χ2v) is 7.45. The average molecular weight is 373 g/mol. The largest absolute Gasteiger partial charge is 0.299 e. The molecule has 0 aliphatic carbocycles. The highest BCUT2D eigenvalue weighted by Crippen LogP contribution is 2.36. The molecular formula is C25H24FNO. The number of carbonyl (C=O) groups is 1. The molecule has 1 unspecified atom stereocenters. The SMILES string of the molecule is O=C1CCN(Cc2ccccc2F)CC1C(c1ccccc1)c1ccccc1. The Morgan fingerprint density at radius 1 is 0.857 bits per heavy atom. The molecule has 3 aromatic carbocycles. The topological polar surface area (TPSA) is 20.3 Å². The van der Waals surface area contributed by atoms with Gasteiger partial charge in [-0.2, -0.15) is 0 Å². The van der Waals surface area contributed by atoms with E-state index < -0.39 is 0 Å². The van der Waals surface area contributed by atoms with E-state index in [4.69, 9.17) is 0 Å². The van der Waals surface area contributed by atoms with Crippen LogP contribution in [0.1, 0.15) is 29.0 Å². The molecule has 0 bridgehead atoms. The highest BCUT2D eigenvalue weighted by molar-refractivity contribution is 5.83. The van der Waals surface area contributed by atoms with E-state index in [1.807, 2.05) is 48.5 Å². The van der Waals surface area contributed by atoms with Gasteiger partial charge in [-0.1, -0.05) is 78.9 Å². The summed E-state index contributed by atoms with van der Waals surface area (Å²) in [5.41, 5.74) is 2.99. The standard InChI is InChI=1S/C25H24FNO/c26-23-14-8-7-13-21(23)17-27-16-15-24(28)22(18-27)25(19-9-3-1-4-10-19)20-11-5-2-6-12-20/h1-14,22,25H,15-18H2. The predicted molar refractivity (Wildman–Crippen MR) is 110 cm³/mol. The van der Waals surface area contributed by atoms with Crippen molar-refractivity contribution in [1.29, 1.82) is 0 Å². The van der Waals surface area contributed by atoms with Gasteiger partial charge in [-0.05, 0) is 17.2 Å². The quantitative estimate of drug-likeness (QED) is 0.624. The molecule has 0 aromatic heterocycles. The van der Waals surface area contributed by atoms with Crippen LogP contribution >= 0.6 is 0 Å². The number of hydrogen-bond donors (Lipinski definition) is 0. The lowest BCUT2D eigenvalue weighted by Crippen LogP contribution is -2.43. The highest BCUT2D eigenvalue weighted by atomic mass is 19.1. The minimum Gasteiger partial charge on any atom is -0.299 e. The summed E-state index contributed by atoms with van der Waals surface area (Å²) in [4.78, 5) is 15.2. The molecule has 0 radical (unpaired) electrons. The van der Waals surface area contributed by atoms with Crippen LogP contribution in [-0.4, -0.2) is 23.8 Å². The maximum Gasteiger partial charge on any atom is 0.139 e. The molecule has 3 aromatic rings. The van der Waals surface area contributed by atoms with Gasteiger partial charge >= 0.3 is 0 Å². The molecule has 142 valence electrons. The number of piperidine rings is 1. The van der Waals surface area contributed by atoms with Gasteiger partial charge in [0, 0.05) is 43.5 Å². The molecule has 0 amide bonds. The van der Waals surface area contributed by atoms with Gasteiger partial charge in [-0.15, -0.1) is 0 Å². The van der Waals surface area contributed by atoms with Crippen molar-refractivity contribution < 1.29 is 9.18 Å². The fourth-order valence-corrected chi connectivity index (χ4v) is 4.21. The first-order valence-corrected chi connectivity index (χ1v) is 9.81. The Bertz CT molecular complexity index is 886. The first kappa shape index (κ1) is 18.6. The van der Waals surface area contributed by atoms with Gasteiger partial charge in [0.15, 0.2) is 0 Å². The zero-order chi connectivity index (χ0) is 19.3. The van der Waals surface area contributed by atoms with Crippen LogP contribution in [0.5, 0.6) is 0 Å². The summed E-state index contributed by atoms with van der Waals surface area (Å²) < 4.78 is 14.1. The third-order valence-corrected chi connectivity index (χ3v) is 5.61. The molecule has 0 N–H and O–H groups in total. The van der Waals surface area contributed by atoms with Crippen molar-refractivity contribution >= 4 is 5.78 Å². The zero-order valence-electron chi connectivity index (χ0n) is 15.8. The first-order valence-electron chi connectivity index (χ1n) is 9.81. The molecule has 0 saturated carbocycles. The van der Waals surface area contributed by atoms with Crippen molar-refractivity contribution in [2.75, 3.05) is 13.1 Å². The van der Waals surface area contributed by atoms with Gasteiger partial charge in [-0.25, -0.2) is 4.39 Å². The first-order chi connectivity index (χ1) is 13.7. The number of hydrogen-bond acceptors (Lipinski definition) is 2. The Morgan fingerprint density at radius 3 is 2.04 bits per heavy atom. The fraction of sp³-hybridized carbons (Fsp3) is 0.240. The van der Waals surface area contributed by atoms with E-state index in [1.54, 1.807) is 6.07 Å². The van der Waals surface area contributed by atoms with Gasteiger partial charge in [-0.3, -0.25) is 9.69 Å². The molecule has 2 nitrogen and oxygen atoms in total. The minimum atomic E-state index is -0.182. The molecule has 1 saturated heterocycles. The second-order valence-electron chi connectivity index (χ2n) is 7.45. The number of benzene rings is 3. The van der Waals surface area contributed by atoms with Crippen molar-refractivity contribution in [2.24, 2.45) is 5.92 Å². The van der Waals surface area contributed by atoms with Gasteiger partial charge in [0.25, 0.3) is 0 Å². The van der Waals surface area contributed by atoms with Gasteiger partial charge in [0.2, 0.25) is 0 Å². The fourth-order valence-electron chi connectivity index (χ4n) is 4.21. The van der Waals surface area contributed by atoms with Crippen LogP contribution in [0, 0.1) is 11.7 Å². The molecule has 1 aliphatic heterocycles. The number of nitrogens with zero attached hydrogens (tertiary/aromatic N) is 1. The van der Waals surface area contributed by atoms with Crippen molar-refractivity contribution in [3.63, 3.8) is 0 Å². The van der Waals surface area contributed by atoms with Crippen molar-refractivity contribution in [3.8, 4) is 0 Å². The highest BCUT2D eigenvalue weighted by Gasteiger charge is 2.35. The van der Waals surface area contributed by atoms with Crippen molar-refractivity contribution in [1.82, 2.24) is 4.90 Å². The number of Topliss-reactive ketones (excluding diaryl/α,β-unsaturated/α-hetero) is 1. The number of halogens is 1. The Kier molecular flexibility index (Phi) is 5.63. The number of carbonyl (C=O) groups excluding carboxylic acids is 1. The zero-order valence-corrected chi connectivity index (χ0v) is 15.8. The van der Waals surface area contributed by atoms with E-state index in [9.17, 15) is 9.18 Å². The number of ketones is 1. The van der Waals surface area contributed by atoms with Gasteiger partial charge < -0.3 is 0 Å². The summed E-state index contributed by atoms with van der Waals surface area (Å²) in [5, 5.41) is 0. The molecular weight excluding hydrogens is 349 g/mol. The monoisotopic (exact) mass is 373 g/mol. The molecule has 28 heavy (non-hydrogen) atoms. The van der Waals surface area contributed by atoms with E-state index in [1.165, 1.54) is 6.07 Å². The van der Waals surface area contributed by atoms with E-state index in [0.29, 0.717) is 37.4 Å². The summed E-state index contributed by atoms with van der Waals surface area (Å²) in [6, 6.07) is 27.4. The van der Waals surface area contributed by atoms with E-state index in [2.05, 4.69) is 29.2 Å². The van der Waals surface area contributed by atoms with Crippen LogP contribution in [0.2, 0.25) is 0 Å². The summed E-state index contributed by atoms with van der Waals surface area (Å²) in [6.45, 7) is 1.86. The summed E-state index contributed by atoms with van der Waals surface area (Å²) >= 11 is 0. The third kappa shape index (κ3) is 4.05. The smallest absolute Gasteiger partial charge is 0.139 e. The lowest BCUT2D eigenvalue weighted by molar-refractivity contribution is -0.126. The van der Waals surface area contributed by atoms with E-state index in [0.717, 1.165) is 11.1 Å². The van der Waals surface area contributed by atoms with Crippen LogP contribution in [-0.2, 0) is 11.3 Å². The Hall–Kier alpha value is -2.78. The minimum absolute atomic E-state index is 0.0123. The average Bonchev–Trinajstić information content (AvgIpc) is 2.74. The normalized spacial score (nSPS) is 17.8. The second kappa shape index (κ2) is 8.49. The van der Waals surface area contributed by atoms with Crippen LogP contribution in [0.15, 0.2) is 84.9 Å². The third-order valence-electron chi connectivity index (χ3n) is 5.61. The predicted octanol–water partition coefficient (Wildman–Crippen LogP) is 5.05. The summed E-state index contributed by atoms with van der Waals surface area (Å²) in [6.07, 6.45) is 0.509. The molecule has 1 heterocycles.